The van der Waals surface area contributed by atoms with Crippen LogP contribution in [0.25, 0.3) is 10.4 Å². The van der Waals surface area contributed by atoms with E-state index in [4.69, 9.17) is 35.6 Å². The van der Waals surface area contributed by atoms with Gasteiger partial charge in [0.05, 0.1) is 6.61 Å². The molecule has 1 fully saturated rings. The second-order valence-electron chi connectivity index (χ2n) is 5.87. The number of hydrogen-bond donors (Lipinski definition) is 0. The molecule has 1 aliphatic heterocycles. The fourth-order valence-electron chi connectivity index (χ4n) is 2.58. The van der Waals surface area contributed by atoms with Gasteiger partial charge in [-0.1, -0.05) is 5.11 Å². The maximum atomic E-state index is 11.6. The van der Waals surface area contributed by atoms with Crippen LogP contribution in [0.3, 0.4) is 0 Å². The van der Waals surface area contributed by atoms with Gasteiger partial charge in [0.2, 0.25) is 0 Å². The van der Waals surface area contributed by atoms with Gasteiger partial charge < -0.3 is 23.7 Å². The van der Waals surface area contributed by atoms with Crippen LogP contribution in [0, 0.1) is 12.3 Å². The highest BCUT2D eigenvalue weighted by Crippen LogP contribution is 2.30. The van der Waals surface area contributed by atoms with Gasteiger partial charge in [-0.3, -0.25) is 14.4 Å². The smallest absolute Gasteiger partial charge is 0.303 e. The number of terminal acetylenes is 1. The Kier molecular flexibility index (Phi) is 9.81. The molecule has 1 rings (SSSR count). The fourth-order valence-corrected chi connectivity index (χ4v) is 2.58. The lowest BCUT2D eigenvalue weighted by atomic mass is 9.97. The van der Waals surface area contributed by atoms with Crippen LogP contribution < -0.4 is 0 Å². The van der Waals surface area contributed by atoms with Gasteiger partial charge in [0.15, 0.2) is 18.5 Å². The Hall–Kier alpha value is -2.80. The first-order valence-electron chi connectivity index (χ1n) is 8.52. The molecule has 0 aromatic carbocycles. The third-order valence-electron chi connectivity index (χ3n) is 3.60. The third-order valence-corrected chi connectivity index (χ3v) is 3.60. The van der Waals surface area contributed by atoms with Crippen LogP contribution in [0.5, 0.6) is 0 Å². The topological polar surface area (TPSA) is 146 Å². The van der Waals surface area contributed by atoms with Crippen LogP contribution in [-0.4, -0.2) is 61.8 Å². The van der Waals surface area contributed by atoms with Crippen molar-refractivity contribution in [3.63, 3.8) is 0 Å². The molecular weight excluding hydrogens is 374 g/mol. The zero-order valence-electron chi connectivity index (χ0n) is 15.9. The van der Waals surface area contributed by atoms with Crippen LogP contribution in [0.15, 0.2) is 5.11 Å². The summed E-state index contributed by atoms with van der Waals surface area (Å²) in [5.41, 5.74) is 8.91. The highest BCUT2D eigenvalue weighted by atomic mass is 16.7. The Labute approximate surface area is 162 Å². The zero-order chi connectivity index (χ0) is 21.1. The number of hydrogen-bond acceptors (Lipinski definition) is 9. The molecule has 0 amide bonds. The standard InChI is InChI=1S/C17H23N3O8/c1-5-6-7-8-24-17-14(19-20-18)16(27-12(4)23)15(26-11(3)22)13(28-17)9-25-10(2)21/h1,13-17H,6-9H2,2-4H3/t13-,14?,15+,16-,17-/m0/s1. The number of ether oxygens (including phenoxy) is 5. The van der Waals surface area contributed by atoms with Crippen LogP contribution in [0.2, 0.25) is 0 Å². The van der Waals surface area contributed by atoms with E-state index in [0.29, 0.717) is 12.8 Å². The molecule has 0 aliphatic carbocycles. The predicted molar refractivity (Wildman–Crippen MR) is 93.4 cm³/mol. The van der Waals surface area contributed by atoms with Gasteiger partial charge in [-0.2, -0.15) is 0 Å². The van der Waals surface area contributed by atoms with Gasteiger partial charge in [0.1, 0.15) is 18.8 Å². The van der Waals surface area contributed by atoms with Crippen molar-refractivity contribution < 1.29 is 38.1 Å². The third kappa shape index (κ3) is 7.44. The molecule has 1 heterocycles. The first-order chi connectivity index (χ1) is 13.3. The number of carbonyl (C=O) groups excluding carboxylic acids is 3. The van der Waals surface area contributed by atoms with Crippen LogP contribution >= 0.6 is 0 Å². The monoisotopic (exact) mass is 397 g/mol. The maximum Gasteiger partial charge on any atom is 0.303 e. The summed E-state index contributed by atoms with van der Waals surface area (Å²) in [5, 5.41) is 3.60. The SMILES string of the molecule is C#CCCCO[C@H]1O[C@@H](COC(C)=O)[C@@H](OC(C)=O)[C@@H](OC(C)=O)C1N=[N+]=[N-]. The van der Waals surface area contributed by atoms with E-state index in [1.807, 2.05) is 0 Å². The van der Waals surface area contributed by atoms with E-state index >= 15 is 0 Å². The van der Waals surface area contributed by atoms with Crippen molar-refractivity contribution in [2.45, 2.75) is 64.3 Å². The summed E-state index contributed by atoms with van der Waals surface area (Å²) in [7, 11) is 0. The van der Waals surface area contributed by atoms with E-state index < -0.39 is 48.6 Å². The minimum atomic E-state index is -1.20. The lowest BCUT2D eigenvalue weighted by Crippen LogP contribution is -2.61. The molecule has 5 atom stereocenters. The number of azide groups is 1. The summed E-state index contributed by atoms with van der Waals surface area (Å²) < 4.78 is 26.7. The molecule has 0 radical (unpaired) electrons. The molecule has 1 saturated heterocycles. The quantitative estimate of drug-likeness (QED) is 0.107. The first kappa shape index (κ1) is 23.2. The fraction of sp³-hybridized carbons (Fsp3) is 0.706. The molecule has 154 valence electrons. The molecule has 0 spiro atoms. The summed E-state index contributed by atoms with van der Waals surface area (Å²) >= 11 is 0. The van der Waals surface area contributed by atoms with Crippen molar-refractivity contribution in [3.8, 4) is 12.3 Å². The molecule has 11 nitrogen and oxygen atoms in total. The highest BCUT2D eigenvalue weighted by Gasteiger charge is 2.50. The lowest BCUT2D eigenvalue weighted by Gasteiger charge is -2.43. The van der Waals surface area contributed by atoms with E-state index in [9.17, 15) is 14.4 Å². The summed E-state index contributed by atoms with van der Waals surface area (Å²) in [6.45, 7) is 3.38. The largest absolute Gasteiger partial charge is 0.463 e. The van der Waals surface area contributed by atoms with Crippen molar-refractivity contribution in [1.29, 1.82) is 0 Å². The molecular formula is C17H23N3O8. The van der Waals surface area contributed by atoms with Crippen LogP contribution in [0.1, 0.15) is 33.6 Å². The Bertz CT molecular complexity index is 655. The average Bonchev–Trinajstić information content (AvgIpc) is 2.60. The van der Waals surface area contributed by atoms with Gasteiger partial charge in [0, 0.05) is 32.1 Å². The van der Waals surface area contributed by atoms with Gasteiger partial charge in [-0.15, -0.1) is 12.3 Å². The highest BCUT2D eigenvalue weighted by molar-refractivity contribution is 5.68. The Morgan fingerprint density at radius 1 is 1.14 bits per heavy atom. The van der Waals surface area contributed by atoms with E-state index in [2.05, 4.69) is 15.9 Å². The van der Waals surface area contributed by atoms with E-state index in [0.717, 1.165) is 13.8 Å². The van der Waals surface area contributed by atoms with Gasteiger partial charge in [-0.05, 0) is 12.0 Å². The van der Waals surface area contributed by atoms with Crippen molar-refractivity contribution >= 4 is 17.9 Å². The van der Waals surface area contributed by atoms with Gasteiger partial charge in [0.25, 0.3) is 0 Å². The molecule has 0 N–H and O–H groups in total. The Morgan fingerprint density at radius 3 is 2.32 bits per heavy atom. The molecule has 0 saturated carbocycles. The Balaban J connectivity index is 3.17. The van der Waals surface area contributed by atoms with Crippen LogP contribution in [-0.2, 0) is 38.1 Å². The van der Waals surface area contributed by atoms with Gasteiger partial charge in [-0.25, -0.2) is 0 Å². The van der Waals surface area contributed by atoms with E-state index in [1.165, 1.54) is 6.92 Å². The molecule has 1 unspecified atom stereocenters. The lowest BCUT2D eigenvalue weighted by molar-refractivity contribution is -0.273. The molecule has 0 aromatic rings. The van der Waals surface area contributed by atoms with Crippen LogP contribution in [0.4, 0.5) is 0 Å². The number of carbonyl (C=O) groups is 3. The minimum absolute atomic E-state index is 0.178. The first-order valence-corrected chi connectivity index (χ1v) is 8.52. The number of esters is 3. The molecule has 0 bridgehead atoms. The summed E-state index contributed by atoms with van der Waals surface area (Å²) in [4.78, 5) is 37.0. The molecule has 11 heteroatoms. The zero-order valence-corrected chi connectivity index (χ0v) is 15.9. The van der Waals surface area contributed by atoms with E-state index in [1.54, 1.807) is 0 Å². The van der Waals surface area contributed by atoms with Crippen molar-refractivity contribution in [2.75, 3.05) is 13.2 Å². The summed E-state index contributed by atoms with van der Waals surface area (Å²) in [6, 6.07) is -1.14. The average molecular weight is 397 g/mol. The van der Waals surface area contributed by atoms with Crippen molar-refractivity contribution in [3.05, 3.63) is 10.4 Å². The van der Waals surface area contributed by atoms with E-state index in [-0.39, 0.29) is 13.2 Å². The second-order valence-corrected chi connectivity index (χ2v) is 5.87. The summed E-state index contributed by atoms with van der Waals surface area (Å²) in [6.07, 6.45) is 1.64. The summed E-state index contributed by atoms with van der Waals surface area (Å²) in [5.74, 6) is 0.491. The number of rotatable bonds is 9. The number of nitrogens with zero attached hydrogens (tertiary/aromatic N) is 3. The van der Waals surface area contributed by atoms with Crippen molar-refractivity contribution in [1.82, 2.24) is 0 Å². The van der Waals surface area contributed by atoms with Crippen molar-refractivity contribution in [2.24, 2.45) is 5.11 Å². The number of unbranched alkanes of at least 4 members (excludes halogenated alkanes) is 1. The predicted octanol–water partition coefficient (Wildman–Crippen LogP) is 1.25. The Morgan fingerprint density at radius 2 is 1.79 bits per heavy atom. The normalized spacial score (nSPS) is 26.3. The molecule has 1 aliphatic rings. The second kappa shape index (κ2) is 11.8. The van der Waals surface area contributed by atoms with Gasteiger partial charge >= 0.3 is 17.9 Å². The maximum absolute atomic E-state index is 11.6. The minimum Gasteiger partial charge on any atom is -0.463 e. The molecule has 0 aromatic heterocycles. The molecule has 28 heavy (non-hydrogen) atoms.